The molecular weight excluding hydrogens is 242 g/mol. The number of allylic oxidation sites excluding steroid dienone is 3. The van der Waals surface area contributed by atoms with Crippen LogP contribution in [-0.2, 0) is 14.4 Å². The van der Waals surface area contributed by atoms with Crippen LogP contribution in [0, 0.1) is 5.92 Å². The third-order valence-corrected chi connectivity index (χ3v) is 3.11. The Bertz CT molecular complexity index is 410. The lowest BCUT2D eigenvalue weighted by Crippen LogP contribution is -2.56. The number of rotatable bonds is 8. The first-order chi connectivity index (χ1) is 9.00. The number of ketones is 2. The Morgan fingerprint density at radius 2 is 1.84 bits per heavy atom. The van der Waals surface area contributed by atoms with Crippen molar-refractivity contribution in [3.8, 4) is 0 Å². The van der Waals surface area contributed by atoms with E-state index in [1.54, 1.807) is 12.2 Å². The molecule has 2 atom stereocenters. The van der Waals surface area contributed by atoms with Crippen LogP contribution in [0.2, 0.25) is 0 Å². The quantitative estimate of drug-likeness (QED) is 0.413. The zero-order valence-electron chi connectivity index (χ0n) is 11.5. The molecule has 1 saturated heterocycles. The highest BCUT2D eigenvalue weighted by Gasteiger charge is 2.36. The van der Waals surface area contributed by atoms with Crippen molar-refractivity contribution in [2.45, 2.75) is 45.6 Å². The third-order valence-electron chi connectivity index (χ3n) is 3.11. The number of carbonyl (C=O) groups is 3. The van der Waals surface area contributed by atoms with Crippen LogP contribution < -0.4 is 5.32 Å². The predicted molar refractivity (Wildman–Crippen MR) is 73.5 cm³/mol. The normalized spacial score (nSPS) is 22.5. The molecule has 0 aromatic rings. The van der Waals surface area contributed by atoms with Crippen molar-refractivity contribution in [3.63, 3.8) is 0 Å². The van der Waals surface area contributed by atoms with Gasteiger partial charge in [-0.25, -0.2) is 0 Å². The van der Waals surface area contributed by atoms with Crippen LogP contribution >= 0.6 is 0 Å². The van der Waals surface area contributed by atoms with Crippen LogP contribution in [0.5, 0.6) is 0 Å². The number of amides is 1. The van der Waals surface area contributed by atoms with E-state index in [0.29, 0.717) is 0 Å². The van der Waals surface area contributed by atoms with Gasteiger partial charge in [-0.3, -0.25) is 14.4 Å². The predicted octanol–water partition coefficient (Wildman–Crippen LogP) is 1.95. The van der Waals surface area contributed by atoms with Gasteiger partial charge in [-0.05, 0) is 45.3 Å². The molecule has 0 bridgehead atoms. The van der Waals surface area contributed by atoms with E-state index in [-0.39, 0.29) is 29.4 Å². The SMILES string of the molecule is CC(=O)/C=C/CCCC[C@@H]1C(=O)N[C@@H]1/C=C/C(C)=O. The lowest BCUT2D eigenvalue weighted by Gasteiger charge is -2.34. The Morgan fingerprint density at radius 3 is 2.42 bits per heavy atom. The number of unbranched alkanes of at least 4 members (excludes halogenated alkanes) is 2. The molecule has 1 heterocycles. The largest absolute Gasteiger partial charge is 0.349 e. The molecule has 0 spiro atoms. The van der Waals surface area contributed by atoms with E-state index in [9.17, 15) is 14.4 Å². The van der Waals surface area contributed by atoms with Gasteiger partial charge in [0.25, 0.3) is 0 Å². The van der Waals surface area contributed by atoms with Crippen molar-refractivity contribution in [1.29, 1.82) is 0 Å². The van der Waals surface area contributed by atoms with Gasteiger partial charge in [0.2, 0.25) is 5.91 Å². The minimum Gasteiger partial charge on any atom is -0.349 e. The van der Waals surface area contributed by atoms with E-state index < -0.39 is 0 Å². The molecule has 0 aliphatic carbocycles. The molecule has 1 aliphatic heterocycles. The molecule has 4 heteroatoms. The minimum absolute atomic E-state index is 0.00385. The molecule has 0 saturated carbocycles. The summed E-state index contributed by atoms with van der Waals surface area (Å²) in [6.45, 7) is 3.02. The molecule has 0 unspecified atom stereocenters. The van der Waals surface area contributed by atoms with E-state index in [0.717, 1.165) is 25.7 Å². The molecule has 19 heavy (non-hydrogen) atoms. The molecular formula is C15H21NO3. The first kappa shape index (κ1) is 15.3. The number of nitrogens with one attached hydrogen (secondary N) is 1. The van der Waals surface area contributed by atoms with Crippen LogP contribution in [0.15, 0.2) is 24.3 Å². The van der Waals surface area contributed by atoms with Crippen LogP contribution in [0.25, 0.3) is 0 Å². The summed E-state index contributed by atoms with van der Waals surface area (Å²) in [5, 5.41) is 2.78. The molecule has 4 nitrogen and oxygen atoms in total. The highest BCUT2D eigenvalue weighted by molar-refractivity contribution is 5.90. The van der Waals surface area contributed by atoms with Gasteiger partial charge in [0.1, 0.15) is 0 Å². The highest BCUT2D eigenvalue weighted by atomic mass is 16.2. The Balaban J connectivity index is 2.22. The molecule has 0 aromatic carbocycles. The molecule has 104 valence electrons. The average molecular weight is 263 g/mol. The summed E-state index contributed by atoms with van der Waals surface area (Å²) in [6.07, 6.45) is 10.3. The second kappa shape index (κ2) is 7.67. The van der Waals surface area contributed by atoms with Gasteiger partial charge < -0.3 is 5.32 Å². The second-order valence-corrected chi connectivity index (χ2v) is 4.91. The summed E-state index contributed by atoms with van der Waals surface area (Å²) in [4.78, 5) is 32.9. The molecule has 1 fully saturated rings. The highest BCUT2D eigenvalue weighted by Crippen LogP contribution is 2.23. The molecule has 1 amide bonds. The zero-order valence-corrected chi connectivity index (χ0v) is 11.5. The smallest absolute Gasteiger partial charge is 0.226 e. The summed E-state index contributed by atoms with van der Waals surface area (Å²) in [5.74, 6) is 0.118. The van der Waals surface area contributed by atoms with E-state index in [4.69, 9.17) is 0 Å². The van der Waals surface area contributed by atoms with E-state index in [1.807, 2.05) is 6.08 Å². The number of β-lactam (4-membered cyclic amide) rings is 1. The molecule has 1 rings (SSSR count). The maximum Gasteiger partial charge on any atom is 0.226 e. The fraction of sp³-hybridized carbons (Fsp3) is 0.533. The monoisotopic (exact) mass is 263 g/mol. The van der Waals surface area contributed by atoms with Gasteiger partial charge in [0.15, 0.2) is 11.6 Å². The van der Waals surface area contributed by atoms with Crippen molar-refractivity contribution in [2.24, 2.45) is 5.92 Å². The summed E-state index contributed by atoms with van der Waals surface area (Å²) >= 11 is 0. The van der Waals surface area contributed by atoms with Gasteiger partial charge in [-0.2, -0.15) is 0 Å². The first-order valence-electron chi connectivity index (χ1n) is 6.67. The average Bonchev–Trinajstić information content (AvgIpc) is 2.32. The number of hydrogen-bond donors (Lipinski definition) is 1. The molecule has 0 aromatic heterocycles. The van der Waals surface area contributed by atoms with E-state index >= 15 is 0 Å². The third kappa shape index (κ3) is 5.64. The second-order valence-electron chi connectivity index (χ2n) is 4.91. The van der Waals surface area contributed by atoms with Crippen molar-refractivity contribution >= 4 is 17.5 Å². The topological polar surface area (TPSA) is 63.2 Å². The van der Waals surface area contributed by atoms with Crippen LogP contribution in [0.3, 0.4) is 0 Å². The lowest BCUT2D eigenvalue weighted by molar-refractivity contribution is -0.134. The Kier molecular flexibility index (Phi) is 6.19. The number of hydrogen-bond acceptors (Lipinski definition) is 3. The maximum atomic E-state index is 11.4. The molecule has 0 radical (unpaired) electrons. The standard InChI is InChI=1S/C15H21NO3/c1-11(17)7-5-3-4-6-8-13-14(16-15(13)19)10-9-12(2)18/h5,7,9-10,13-14H,3-4,6,8H2,1-2H3,(H,16,19)/b7-5+,10-9+/t13-,14+/m0/s1. The maximum absolute atomic E-state index is 11.4. The van der Waals surface area contributed by atoms with E-state index in [2.05, 4.69) is 5.32 Å². The summed E-state index contributed by atoms with van der Waals surface area (Å²) < 4.78 is 0. The number of carbonyl (C=O) groups excluding carboxylic acids is 3. The summed E-state index contributed by atoms with van der Waals surface area (Å²) in [6, 6.07) is 0.00385. The van der Waals surface area contributed by atoms with Crippen molar-refractivity contribution in [3.05, 3.63) is 24.3 Å². The van der Waals surface area contributed by atoms with Crippen LogP contribution in [0.4, 0.5) is 0 Å². The van der Waals surface area contributed by atoms with Crippen molar-refractivity contribution in [2.75, 3.05) is 0 Å². The van der Waals surface area contributed by atoms with E-state index in [1.165, 1.54) is 19.9 Å². The Hall–Kier alpha value is -1.71. The summed E-state index contributed by atoms with van der Waals surface area (Å²) in [5.41, 5.74) is 0. The first-order valence-corrected chi connectivity index (χ1v) is 6.67. The molecule has 1 N–H and O–H groups in total. The zero-order chi connectivity index (χ0) is 14.3. The van der Waals surface area contributed by atoms with Gasteiger partial charge in [0, 0.05) is 0 Å². The Labute approximate surface area is 113 Å². The van der Waals surface area contributed by atoms with Gasteiger partial charge >= 0.3 is 0 Å². The molecule has 1 aliphatic rings. The fourth-order valence-corrected chi connectivity index (χ4v) is 2.05. The minimum atomic E-state index is -0.00705. The van der Waals surface area contributed by atoms with Gasteiger partial charge in [0.05, 0.1) is 12.0 Å². The van der Waals surface area contributed by atoms with Crippen molar-refractivity contribution in [1.82, 2.24) is 5.32 Å². The van der Waals surface area contributed by atoms with Crippen LogP contribution in [0.1, 0.15) is 39.5 Å². The van der Waals surface area contributed by atoms with Crippen LogP contribution in [-0.4, -0.2) is 23.5 Å². The Morgan fingerprint density at radius 1 is 1.16 bits per heavy atom. The lowest BCUT2D eigenvalue weighted by atomic mass is 9.85. The van der Waals surface area contributed by atoms with Crippen molar-refractivity contribution < 1.29 is 14.4 Å². The fourth-order valence-electron chi connectivity index (χ4n) is 2.05. The summed E-state index contributed by atoms with van der Waals surface area (Å²) in [7, 11) is 0. The van der Waals surface area contributed by atoms with Gasteiger partial charge in [-0.1, -0.05) is 18.6 Å². The van der Waals surface area contributed by atoms with Gasteiger partial charge in [-0.15, -0.1) is 0 Å².